The van der Waals surface area contributed by atoms with Gasteiger partial charge in [-0.2, -0.15) is 4.98 Å². The number of aromatic nitrogens is 3. The summed E-state index contributed by atoms with van der Waals surface area (Å²) in [6.45, 7) is 3.43. The molecule has 0 bridgehead atoms. The SMILES string of the molecule is COc1ccc(Cc2cnc(NC(=O)Cn3c(C)cc(C)nc3=O)s2)cc1. The van der Waals surface area contributed by atoms with Gasteiger partial charge in [0.25, 0.3) is 0 Å². The van der Waals surface area contributed by atoms with E-state index in [1.807, 2.05) is 24.3 Å². The van der Waals surface area contributed by atoms with Crippen LogP contribution in [0.3, 0.4) is 0 Å². The summed E-state index contributed by atoms with van der Waals surface area (Å²) in [6, 6.07) is 9.58. The van der Waals surface area contributed by atoms with Crippen molar-refractivity contribution in [2.45, 2.75) is 26.8 Å². The smallest absolute Gasteiger partial charge is 0.348 e. The molecule has 1 amide bonds. The highest BCUT2D eigenvalue weighted by Gasteiger charge is 2.11. The Morgan fingerprint density at radius 1 is 1.26 bits per heavy atom. The summed E-state index contributed by atoms with van der Waals surface area (Å²) >= 11 is 1.41. The Morgan fingerprint density at radius 3 is 2.67 bits per heavy atom. The number of carbonyl (C=O) groups is 1. The van der Waals surface area contributed by atoms with Crippen molar-refractivity contribution in [1.29, 1.82) is 0 Å². The van der Waals surface area contributed by atoms with E-state index in [4.69, 9.17) is 4.74 Å². The highest BCUT2D eigenvalue weighted by Crippen LogP contribution is 2.22. The molecule has 0 aliphatic rings. The number of nitrogens with zero attached hydrogens (tertiary/aromatic N) is 3. The van der Waals surface area contributed by atoms with Crippen molar-refractivity contribution in [3.8, 4) is 5.75 Å². The van der Waals surface area contributed by atoms with Crippen LogP contribution in [0.5, 0.6) is 5.75 Å². The summed E-state index contributed by atoms with van der Waals surface area (Å²) < 4.78 is 6.49. The van der Waals surface area contributed by atoms with Crippen molar-refractivity contribution in [3.05, 3.63) is 68.8 Å². The molecule has 27 heavy (non-hydrogen) atoms. The van der Waals surface area contributed by atoms with Crippen molar-refractivity contribution in [2.75, 3.05) is 12.4 Å². The van der Waals surface area contributed by atoms with Crippen LogP contribution in [0.15, 0.2) is 41.3 Å². The number of hydrogen-bond donors (Lipinski definition) is 1. The molecule has 1 aromatic carbocycles. The Hall–Kier alpha value is -3.00. The normalized spacial score (nSPS) is 10.6. The van der Waals surface area contributed by atoms with Gasteiger partial charge in [0.05, 0.1) is 7.11 Å². The zero-order chi connectivity index (χ0) is 19.4. The minimum atomic E-state index is -0.429. The van der Waals surface area contributed by atoms with Gasteiger partial charge in [0.15, 0.2) is 5.13 Å². The summed E-state index contributed by atoms with van der Waals surface area (Å²) in [5, 5.41) is 3.25. The van der Waals surface area contributed by atoms with Crippen LogP contribution in [0.2, 0.25) is 0 Å². The number of carbonyl (C=O) groups excluding carboxylic acids is 1. The van der Waals surface area contributed by atoms with E-state index >= 15 is 0 Å². The molecule has 2 aromatic heterocycles. The molecule has 0 spiro atoms. The molecular weight excluding hydrogens is 364 g/mol. The van der Waals surface area contributed by atoms with Gasteiger partial charge >= 0.3 is 5.69 Å². The third-order valence-electron chi connectivity index (χ3n) is 3.99. The third kappa shape index (κ3) is 4.79. The molecule has 2 heterocycles. The molecule has 3 rings (SSSR count). The minimum Gasteiger partial charge on any atom is -0.497 e. The zero-order valence-corrected chi connectivity index (χ0v) is 16.2. The Labute approximate surface area is 160 Å². The van der Waals surface area contributed by atoms with Gasteiger partial charge in [-0.3, -0.25) is 9.36 Å². The number of aryl methyl sites for hydroxylation is 2. The largest absolute Gasteiger partial charge is 0.497 e. The number of methoxy groups -OCH3 is 1. The first kappa shape index (κ1) is 18.8. The number of anilines is 1. The summed E-state index contributed by atoms with van der Waals surface area (Å²) in [5.74, 6) is 0.503. The molecule has 0 fully saturated rings. The van der Waals surface area contributed by atoms with Crippen molar-refractivity contribution in [1.82, 2.24) is 14.5 Å². The van der Waals surface area contributed by atoms with E-state index < -0.39 is 5.69 Å². The number of thiazole rings is 1. The average molecular weight is 384 g/mol. The molecule has 0 saturated carbocycles. The fourth-order valence-electron chi connectivity index (χ4n) is 2.66. The van der Waals surface area contributed by atoms with Gasteiger partial charge < -0.3 is 10.1 Å². The van der Waals surface area contributed by atoms with Crippen LogP contribution in [0.1, 0.15) is 21.8 Å². The molecule has 140 valence electrons. The fourth-order valence-corrected chi connectivity index (χ4v) is 3.52. The second-order valence-corrected chi connectivity index (χ2v) is 7.23. The monoisotopic (exact) mass is 384 g/mol. The highest BCUT2D eigenvalue weighted by molar-refractivity contribution is 7.15. The van der Waals surface area contributed by atoms with Gasteiger partial charge in [0.2, 0.25) is 5.91 Å². The standard InChI is InChI=1S/C19H20N4O3S/c1-12-8-13(2)23(19(25)21-12)11-17(24)22-18-20-10-16(27-18)9-14-4-6-15(26-3)7-5-14/h4-8,10H,9,11H2,1-3H3,(H,20,22,24). The predicted octanol–water partition coefficient (Wildman–Crippen LogP) is 2.55. The van der Waals surface area contributed by atoms with Crippen molar-refractivity contribution >= 4 is 22.4 Å². The first-order valence-corrected chi connectivity index (χ1v) is 9.19. The lowest BCUT2D eigenvalue weighted by Crippen LogP contribution is -2.31. The van der Waals surface area contributed by atoms with Gasteiger partial charge in [0.1, 0.15) is 12.3 Å². The van der Waals surface area contributed by atoms with Crippen LogP contribution in [-0.2, 0) is 17.8 Å². The number of hydrogen-bond acceptors (Lipinski definition) is 6. The second-order valence-electron chi connectivity index (χ2n) is 6.11. The molecule has 0 atom stereocenters. The molecule has 3 aromatic rings. The van der Waals surface area contributed by atoms with Crippen LogP contribution in [0, 0.1) is 13.8 Å². The fraction of sp³-hybridized carbons (Fsp3) is 0.263. The van der Waals surface area contributed by atoms with E-state index in [9.17, 15) is 9.59 Å². The molecule has 1 N–H and O–H groups in total. The number of rotatable bonds is 6. The first-order valence-electron chi connectivity index (χ1n) is 8.37. The summed E-state index contributed by atoms with van der Waals surface area (Å²) in [5.41, 5.74) is 2.03. The Kier molecular flexibility index (Phi) is 5.66. The predicted molar refractivity (Wildman–Crippen MR) is 105 cm³/mol. The van der Waals surface area contributed by atoms with E-state index in [1.165, 1.54) is 15.9 Å². The van der Waals surface area contributed by atoms with E-state index in [1.54, 1.807) is 33.2 Å². The molecule has 0 saturated heterocycles. The van der Waals surface area contributed by atoms with Crippen molar-refractivity contribution in [3.63, 3.8) is 0 Å². The summed E-state index contributed by atoms with van der Waals surface area (Å²) in [6.07, 6.45) is 2.47. The molecule has 0 radical (unpaired) electrons. The number of nitrogens with one attached hydrogen (secondary N) is 1. The summed E-state index contributed by atoms with van der Waals surface area (Å²) in [7, 11) is 1.63. The van der Waals surface area contributed by atoms with Gasteiger partial charge in [-0.15, -0.1) is 11.3 Å². The average Bonchev–Trinajstić information content (AvgIpc) is 3.05. The Morgan fingerprint density at radius 2 is 2.00 bits per heavy atom. The minimum absolute atomic E-state index is 0.0919. The van der Waals surface area contributed by atoms with Crippen LogP contribution >= 0.6 is 11.3 Å². The van der Waals surface area contributed by atoms with Crippen LogP contribution in [-0.4, -0.2) is 27.6 Å². The maximum absolute atomic E-state index is 12.3. The molecule has 7 nitrogen and oxygen atoms in total. The number of amides is 1. The van der Waals surface area contributed by atoms with Gasteiger partial charge in [-0.05, 0) is 37.6 Å². The lowest BCUT2D eigenvalue weighted by molar-refractivity contribution is -0.116. The highest BCUT2D eigenvalue weighted by atomic mass is 32.1. The Bertz CT molecular complexity index is 1010. The van der Waals surface area contributed by atoms with E-state index in [2.05, 4.69) is 15.3 Å². The van der Waals surface area contributed by atoms with Gasteiger partial charge in [-0.25, -0.2) is 9.78 Å². The van der Waals surface area contributed by atoms with Crippen LogP contribution in [0.4, 0.5) is 5.13 Å². The molecule has 0 aliphatic carbocycles. The van der Waals surface area contributed by atoms with E-state index in [0.717, 1.165) is 22.6 Å². The van der Waals surface area contributed by atoms with E-state index in [-0.39, 0.29) is 12.5 Å². The second kappa shape index (κ2) is 8.13. The molecular formula is C19H20N4O3S. The number of benzene rings is 1. The van der Waals surface area contributed by atoms with Crippen LogP contribution < -0.4 is 15.7 Å². The first-order chi connectivity index (χ1) is 12.9. The van der Waals surface area contributed by atoms with Gasteiger partial charge in [-0.1, -0.05) is 12.1 Å². The molecule has 8 heteroatoms. The lowest BCUT2D eigenvalue weighted by atomic mass is 10.1. The van der Waals surface area contributed by atoms with Gasteiger partial charge in [0, 0.05) is 28.9 Å². The van der Waals surface area contributed by atoms with Crippen molar-refractivity contribution < 1.29 is 9.53 Å². The molecule has 0 unspecified atom stereocenters. The topological polar surface area (TPSA) is 86.1 Å². The lowest BCUT2D eigenvalue weighted by Gasteiger charge is -2.08. The van der Waals surface area contributed by atoms with Crippen molar-refractivity contribution in [2.24, 2.45) is 0 Å². The van der Waals surface area contributed by atoms with Crippen LogP contribution in [0.25, 0.3) is 0 Å². The maximum atomic E-state index is 12.3. The maximum Gasteiger partial charge on any atom is 0.348 e. The zero-order valence-electron chi connectivity index (χ0n) is 15.4. The Balaban J connectivity index is 1.63. The van der Waals surface area contributed by atoms with E-state index in [0.29, 0.717) is 16.5 Å². The quantitative estimate of drug-likeness (QED) is 0.706. The third-order valence-corrected chi connectivity index (χ3v) is 4.90. The number of ether oxygens (including phenoxy) is 1. The summed E-state index contributed by atoms with van der Waals surface area (Å²) in [4.78, 5) is 33.4. The molecule has 0 aliphatic heterocycles.